The minimum absolute atomic E-state index is 0. The molecule has 124 valence electrons. The number of halogens is 1. The standard InChI is InChI=1S/C16H32N4.HI/c1-13(2)5-8-20-9-6-15(7-10-20)12-19-16(17)18-11-14(3)4;/h13,15H,3,5-12H2,1-2,4H3,(H3,17,18,19);1H. The predicted molar refractivity (Wildman–Crippen MR) is 103 cm³/mol. The summed E-state index contributed by atoms with van der Waals surface area (Å²) < 4.78 is 0. The lowest BCUT2D eigenvalue weighted by molar-refractivity contribution is 0.177. The molecule has 1 aliphatic rings. The maximum absolute atomic E-state index is 5.83. The number of guanidine groups is 1. The van der Waals surface area contributed by atoms with Crippen molar-refractivity contribution in [2.75, 3.05) is 32.7 Å². The van der Waals surface area contributed by atoms with Crippen LogP contribution in [0, 0.1) is 11.8 Å². The molecule has 4 nitrogen and oxygen atoms in total. The van der Waals surface area contributed by atoms with Gasteiger partial charge in [-0.1, -0.05) is 26.0 Å². The normalized spacial score (nSPS) is 17.6. The maximum Gasteiger partial charge on any atom is 0.188 e. The summed E-state index contributed by atoms with van der Waals surface area (Å²) in [5.74, 6) is 2.08. The average molecular weight is 408 g/mol. The molecule has 0 spiro atoms. The van der Waals surface area contributed by atoms with Gasteiger partial charge in [-0.2, -0.15) is 0 Å². The van der Waals surface area contributed by atoms with Crippen molar-refractivity contribution in [1.29, 1.82) is 0 Å². The molecule has 1 rings (SSSR count). The van der Waals surface area contributed by atoms with E-state index in [1.54, 1.807) is 0 Å². The van der Waals surface area contributed by atoms with E-state index in [2.05, 4.69) is 35.6 Å². The first-order chi connectivity index (χ1) is 9.47. The lowest BCUT2D eigenvalue weighted by Crippen LogP contribution is -2.41. The second-order valence-electron chi connectivity index (χ2n) is 6.51. The largest absolute Gasteiger partial charge is 0.370 e. The van der Waals surface area contributed by atoms with E-state index in [0.29, 0.717) is 12.5 Å². The third-order valence-electron chi connectivity index (χ3n) is 3.82. The van der Waals surface area contributed by atoms with Crippen LogP contribution in [0.3, 0.4) is 0 Å². The Kier molecular flexibility index (Phi) is 11.1. The van der Waals surface area contributed by atoms with Gasteiger partial charge in [-0.15, -0.1) is 24.0 Å². The second kappa shape index (κ2) is 11.3. The molecule has 0 atom stereocenters. The van der Waals surface area contributed by atoms with Crippen LogP contribution in [-0.2, 0) is 0 Å². The van der Waals surface area contributed by atoms with E-state index in [9.17, 15) is 0 Å². The molecule has 0 saturated carbocycles. The molecular weight excluding hydrogens is 375 g/mol. The first kappa shape index (κ1) is 20.7. The molecule has 0 aliphatic carbocycles. The van der Waals surface area contributed by atoms with Gasteiger partial charge in [-0.05, 0) is 57.7 Å². The van der Waals surface area contributed by atoms with E-state index in [0.717, 1.165) is 24.0 Å². The number of likely N-dealkylation sites (tertiary alicyclic amines) is 1. The number of aliphatic imine (C=N–C) groups is 1. The van der Waals surface area contributed by atoms with Crippen molar-refractivity contribution < 1.29 is 0 Å². The zero-order valence-electron chi connectivity index (χ0n) is 13.9. The monoisotopic (exact) mass is 408 g/mol. The zero-order chi connectivity index (χ0) is 15.0. The van der Waals surface area contributed by atoms with Gasteiger partial charge in [0.05, 0.1) is 6.54 Å². The third-order valence-corrected chi connectivity index (χ3v) is 3.82. The minimum Gasteiger partial charge on any atom is -0.370 e. The van der Waals surface area contributed by atoms with Crippen molar-refractivity contribution in [3.8, 4) is 0 Å². The second-order valence-corrected chi connectivity index (χ2v) is 6.51. The first-order valence-corrected chi connectivity index (χ1v) is 7.88. The summed E-state index contributed by atoms with van der Waals surface area (Å²) in [7, 11) is 0. The van der Waals surface area contributed by atoms with Crippen molar-refractivity contribution in [3.63, 3.8) is 0 Å². The fourth-order valence-electron chi connectivity index (χ4n) is 2.38. The molecule has 0 bridgehead atoms. The third kappa shape index (κ3) is 10.1. The highest BCUT2D eigenvalue weighted by molar-refractivity contribution is 14.0. The highest BCUT2D eigenvalue weighted by atomic mass is 127. The van der Waals surface area contributed by atoms with Crippen molar-refractivity contribution in [2.24, 2.45) is 22.6 Å². The molecule has 21 heavy (non-hydrogen) atoms. The molecule has 0 amide bonds. The Bertz CT molecular complexity index is 320. The number of piperidine rings is 1. The number of nitrogens with zero attached hydrogens (tertiary/aromatic N) is 2. The maximum atomic E-state index is 5.83. The number of nitrogens with one attached hydrogen (secondary N) is 1. The average Bonchev–Trinajstić information content (AvgIpc) is 2.41. The van der Waals surface area contributed by atoms with E-state index in [1.807, 2.05) is 6.92 Å². The summed E-state index contributed by atoms with van der Waals surface area (Å²) >= 11 is 0. The summed E-state index contributed by atoms with van der Waals surface area (Å²) in [6.45, 7) is 15.6. The molecule has 0 aromatic heterocycles. The van der Waals surface area contributed by atoms with Gasteiger partial charge < -0.3 is 16.0 Å². The van der Waals surface area contributed by atoms with Crippen molar-refractivity contribution in [2.45, 2.75) is 40.0 Å². The Morgan fingerprint density at radius 3 is 2.52 bits per heavy atom. The van der Waals surface area contributed by atoms with Crippen LogP contribution < -0.4 is 11.1 Å². The van der Waals surface area contributed by atoms with Gasteiger partial charge in [-0.3, -0.25) is 0 Å². The lowest BCUT2D eigenvalue weighted by Gasteiger charge is -2.32. The van der Waals surface area contributed by atoms with Crippen molar-refractivity contribution in [3.05, 3.63) is 12.2 Å². The van der Waals surface area contributed by atoms with Crippen LogP contribution in [0.1, 0.15) is 40.0 Å². The summed E-state index contributed by atoms with van der Waals surface area (Å²) in [6, 6.07) is 0. The zero-order valence-corrected chi connectivity index (χ0v) is 16.2. The van der Waals surface area contributed by atoms with Crippen molar-refractivity contribution in [1.82, 2.24) is 10.2 Å². The van der Waals surface area contributed by atoms with Gasteiger partial charge in [0.25, 0.3) is 0 Å². The Morgan fingerprint density at radius 1 is 1.38 bits per heavy atom. The Labute approximate surface area is 147 Å². The molecule has 1 aliphatic heterocycles. The van der Waals surface area contributed by atoms with Gasteiger partial charge in [0.1, 0.15) is 0 Å². The SMILES string of the molecule is C=C(C)CN=C(N)NCC1CCN(CCC(C)C)CC1.I. The number of rotatable bonds is 7. The molecule has 0 radical (unpaired) electrons. The van der Waals surface area contributed by atoms with Crippen LogP contribution in [0.4, 0.5) is 0 Å². The highest BCUT2D eigenvalue weighted by Crippen LogP contribution is 2.17. The quantitative estimate of drug-likeness (QED) is 0.295. The predicted octanol–water partition coefficient (Wildman–Crippen LogP) is 2.84. The van der Waals surface area contributed by atoms with Crippen LogP contribution in [0.25, 0.3) is 0 Å². The fourth-order valence-corrected chi connectivity index (χ4v) is 2.38. The molecule has 1 heterocycles. The Morgan fingerprint density at radius 2 is 2.00 bits per heavy atom. The molecule has 1 fully saturated rings. The summed E-state index contributed by atoms with van der Waals surface area (Å²) in [5, 5.41) is 3.24. The number of nitrogens with two attached hydrogens (primary N) is 1. The Balaban J connectivity index is 0.00000400. The smallest absolute Gasteiger partial charge is 0.188 e. The molecule has 0 aromatic carbocycles. The van der Waals surface area contributed by atoms with Crippen LogP contribution >= 0.6 is 24.0 Å². The molecule has 0 aromatic rings. The molecule has 1 saturated heterocycles. The van der Waals surface area contributed by atoms with Crippen LogP contribution in [0.2, 0.25) is 0 Å². The van der Waals surface area contributed by atoms with E-state index in [-0.39, 0.29) is 24.0 Å². The van der Waals surface area contributed by atoms with Gasteiger partial charge in [0.2, 0.25) is 0 Å². The topological polar surface area (TPSA) is 53.6 Å². The Hall–Kier alpha value is -0.300. The van der Waals surface area contributed by atoms with E-state index in [4.69, 9.17) is 5.73 Å². The van der Waals surface area contributed by atoms with Crippen molar-refractivity contribution >= 4 is 29.9 Å². The van der Waals surface area contributed by atoms with Gasteiger partial charge in [0.15, 0.2) is 5.96 Å². The van der Waals surface area contributed by atoms with Crippen LogP contribution in [0.5, 0.6) is 0 Å². The number of hydrogen-bond acceptors (Lipinski definition) is 2. The van der Waals surface area contributed by atoms with E-state index in [1.165, 1.54) is 38.9 Å². The van der Waals surface area contributed by atoms with Gasteiger partial charge in [0, 0.05) is 6.54 Å². The van der Waals surface area contributed by atoms with E-state index >= 15 is 0 Å². The molecule has 5 heteroatoms. The number of hydrogen-bond donors (Lipinski definition) is 2. The summed E-state index contributed by atoms with van der Waals surface area (Å²) in [5.41, 5.74) is 6.87. The minimum atomic E-state index is 0. The van der Waals surface area contributed by atoms with Crippen LogP contribution in [0.15, 0.2) is 17.1 Å². The van der Waals surface area contributed by atoms with Crippen LogP contribution in [-0.4, -0.2) is 43.6 Å². The van der Waals surface area contributed by atoms with Gasteiger partial charge in [-0.25, -0.2) is 4.99 Å². The summed E-state index contributed by atoms with van der Waals surface area (Å²) in [4.78, 5) is 6.84. The molecule has 0 unspecified atom stereocenters. The molecular formula is C16H33IN4. The molecule has 3 N–H and O–H groups in total. The first-order valence-electron chi connectivity index (χ1n) is 7.88. The lowest BCUT2D eigenvalue weighted by atomic mass is 9.96. The fraction of sp³-hybridized carbons (Fsp3) is 0.812. The van der Waals surface area contributed by atoms with E-state index < -0.39 is 0 Å². The summed E-state index contributed by atoms with van der Waals surface area (Å²) in [6.07, 6.45) is 3.83. The highest BCUT2D eigenvalue weighted by Gasteiger charge is 2.18. The van der Waals surface area contributed by atoms with Gasteiger partial charge >= 0.3 is 0 Å².